The number of rotatable bonds is 13. The average molecular weight is 586 g/mol. The van der Waals surface area contributed by atoms with Gasteiger partial charge >= 0.3 is 0 Å². The SMILES string of the molecule is CCCCNC(=O)C(C)N(Cc1cccc(OC)c1)C(=O)CN(c1ccc(Cl)cc1)S(=O)(=O)c1ccc(C)cc1. The number of ether oxygens (including phenoxy) is 1. The molecule has 0 heterocycles. The lowest BCUT2D eigenvalue weighted by atomic mass is 10.1. The fraction of sp³-hybridized carbons (Fsp3) is 0.333. The Balaban J connectivity index is 2.00. The lowest BCUT2D eigenvalue weighted by molar-refractivity contribution is -0.139. The fourth-order valence-corrected chi connectivity index (χ4v) is 5.60. The summed E-state index contributed by atoms with van der Waals surface area (Å²) < 4.78 is 34.0. The lowest BCUT2D eigenvalue weighted by Crippen LogP contribution is -2.51. The van der Waals surface area contributed by atoms with Gasteiger partial charge in [-0.1, -0.05) is 54.8 Å². The van der Waals surface area contributed by atoms with E-state index >= 15 is 0 Å². The highest BCUT2D eigenvalue weighted by Crippen LogP contribution is 2.26. The molecule has 0 aromatic heterocycles. The van der Waals surface area contributed by atoms with Crippen LogP contribution >= 0.6 is 11.6 Å². The first-order valence-electron chi connectivity index (χ1n) is 13.1. The molecule has 3 aromatic carbocycles. The van der Waals surface area contributed by atoms with Gasteiger partial charge in [-0.05, 0) is 74.4 Å². The third-order valence-corrected chi connectivity index (χ3v) is 8.53. The van der Waals surface area contributed by atoms with Gasteiger partial charge in [0.25, 0.3) is 10.0 Å². The van der Waals surface area contributed by atoms with Crippen molar-refractivity contribution < 1.29 is 22.7 Å². The van der Waals surface area contributed by atoms with Gasteiger partial charge < -0.3 is 15.0 Å². The van der Waals surface area contributed by atoms with Crippen molar-refractivity contribution in [3.8, 4) is 5.75 Å². The number of hydrogen-bond acceptors (Lipinski definition) is 5. The lowest BCUT2D eigenvalue weighted by Gasteiger charge is -2.32. The van der Waals surface area contributed by atoms with E-state index < -0.39 is 28.5 Å². The molecule has 3 rings (SSSR count). The monoisotopic (exact) mass is 585 g/mol. The van der Waals surface area contributed by atoms with E-state index in [0.717, 1.165) is 28.3 Å². The molecular weight excluding hydrogens is 550 g/mol. The minimum atomic E-state index is -4.14. The second kappa shape index (κ2) is 14.2. The van der Waals surface area contributed by atoms with E-state index in [9.17, 15) is 18.0 Å². The number of carbonyl (C=O) groups excluding carboxylic acids is 2. The molecule has 0 saturated heterocycles. The molecule has 1 atom stereocenters. The molecule has 0 bridgehead atoms. The van der Waals surface area contributed by atoms with Gasteiger partial charge in [0.15, 0.2) is 0 Å². The highest BCUT2D eigenvalue weighted by Gasteiger charge is 2.32. The van der Waals surface area contributed by atoms with Crippen molar-refractivity contribution in [1.82, 2.24) is 10.2 Å². The van der Waals surface area contributed by atoms with Gasteiger partial charge in [-0.15, -0.1) is 0 Å². The number of methoxy groups -OCH3 is 1. The van der Waals surface area contributed by atoms with Crippen LogP contribution in [0.1, 0.15) is 37.8 Å². The highest BCUT2D eigenvalue weighted by atomic mass is 35.5. The van der Waals surface area contributed by atoms with Crippen molar-refractivity contribution in [3.05, 3.63) is 88.9 Å². The number of aryl methyl sites for hydroxylation is 1. The Kier molecular flexibility index (Phi) is 11.0. The molecule has 1 N–H and O–H groups in total. The van der Waals surface area contributed by atoms with E-state index in [1.54, 1.807) is 68.6 Å². The third kappa shape index (κ3) is 7.99. The van der Waals surface area contributed by atoms with Crippen LogP contribution in [0.3, 0.4) is 0 Å². The Morgan fingerprint density at radius 1 is 1.02 bits per heavy atom. The first-order chi connectivity index (χ1) is 19.1. The molecule has 0 aliphatic carbocycles. The summed E-state index contributed by atoms with van der Waals surface area (Å²) in [6.07, 6.45) is 1.72. The van der Waals surface area contributed by atoms with Crippen LogP contribution in [0.2, 0.25) is 5.02 Å². The maximum Gasteiger partial charge on any atom is 0.264 e. The molecule has 0 radical (unpaired) electrons. The van der Waals surface area contributed by atoms with Crippen LogP contribution in [0.4, 0.5) is 5.69 Å². The second-order valence-electron chi connectivity index (χ2n) is 9.49. The van der Waals surface area contributed by atoms with Gasteiger partial charge in [-0.25, -0.2) is 8.42 Å². The molecule has 214 valence electrons. The predicted octanol–water partition coefficient (Wildman–Crippen LogP) is 5.19. The number of halogens is 1. The topological polar surface area (TPSA) is 96.0 Å². The number of amides is 2. The van der Waals surface area contributed by atoms with Crippen LogP contribution in [0.15, 0.2) is 77.7 Å². The number of sulfonamides is 1. The normalized spacial score (nSPS) is 11.9. The van der Waals surface area contributed by atoms with Gasteiger partial charge in [0.1, 0.15) is 18.3 Å². The van der Waals surface area contributed by atoms with Crippen LogP contribution in [-0.2, 0) is 26.2 Å². The average Bonchev–Trinajstić information content (AvgIpc) is 2.95. The molecule has 0 fully saturated rings. The van der Waals surface area contributed by atoms with Gasteiger partial charge in [0.2, 0.25) is 11.8 Å². The van der Waals surface area contributed by atoms with Crippen molar-refractivity contribution in [2.75, 3.05) is 24.5 Å². The first-order valence-corrected chi connectivity index (χ1v) is 14.9. The Labute approximate surface area is 241 Å². The molecule has 3 aromatic rings. The number of benzene rings is 3. The second-order valence-corrected chi connectivity index (χ2v) is 11.8. The van der Waals surface area contributed by atoms with Crippen LogP contribution in [-0.4, -0.2) is 51.4 Å². The van der Waals surface area contributed by atoms with Crippen LogP contribution in [0, 0.1) is 6.92 Å². The van der Waals surface area contributed by atoms with Crippen molar-refractivity contribution in [2.24, 2.45) is 0 Å². The summed E-state index contributed by atoms with van der Waals surface area (Å²) in [6.45, 7) is 5.57. The first kappa shape index (κ1) is 31.0. The third-order valence-electron chi connectivity index (χ3n) is 6.49. The standard InChI is InChI=1S/C30H36ClN3O5S/c1-5-6-18-32-30(36)23(3)33(20-24-8-7-9-27(19-24)39-4)29(35)21-34(26-14-12-25(31)13-15-26)40(37,38)28-16-10-22(2)11-17-28/h7-17,19,23H,5-6,18,20-21H2,1-4H3,(H,32,36). The molecule has 0 aliphatic rings. The molecule has 0 aliphatic heterocycles. The molecular formula is C30H36ClN3O5S. The fourth-order valence-electron chi connectivity index (χ4n) is 4.06. The quantitative estimate of drug-likeness (QED) is 0.279. The van der Waals surface area contributed by atoms with E-state index in [4.69, 9.17) is 16.3 Å². The van der Waals surface area contributed by atoms with E-state index in [1.807, 2.05) is 19.9 Å². The van der Waals surface area contributed by atoms with Crippen molar-refractivity contribution in [2.45, 2.75) is 51.1 Å². The predicted molar refractivity (Wildman–Crippen MR) is 158 cm³/mol. The minimum Gasteiger partial charge on any atom is -0.497 e. The van der Waals surface area contributed by atoms with Gasteiger partial charge in [-0.2, -0.15) is 0 Å². The Bertz CT molecular complexity index is 1400. The largest absolute Gasteiger partial charge is 0.497 e. The summed E-state index contributed by atoms with van der Waals surface area (Å²) in [5, 5.41) is 3.31. The van der Waals surface area contributed by atoms with Crippen LogP contribution in [0.25, 0.3) is 0 Å². The van der Waals surface area contributed by atoms with E-state index in [2.05, 4.69) is 5.32 Å². The van der Waals surface area contributed by atoms with E-state index in [1.165, 1.54) is 17.0 Å². The van der Waals surface area contributed by atoms with Crippen molar-refractivity contribution in [1.29, 1.82) is 0 Å². The smallest absolute Gasteiger partial charge is 0.264 e. The van der Waals surface area contributed by atoms with Gasteiger partial charge in [-0.3, -0.25) is 13.9 Å². The Morgan fingerprint density at radius 2 is 1.70 bits per heavy atom. The number of anilines is 1. The number of hydrogen-bond donors (Lipinski definition) is 1. The Hall–Kier alpha value is -3.56. The zero-order valence-electron chi connectivity index (χ0n) is 23.3. The molecule has 10 heteroatoms. The van der Waals surface area contributed by atoms with E-state index in [-0.39, 0.29) is 23.0 Å². The molecule has 0 saturated carbocycles. The minimum absolute atomic E-state index is 0.0468. The maximum atomic E-state index is 13.9. The molecule has 1 unspecified atom stereocenters. The van der Waals surface area contributed by atoms with Crippen molar-refractivity contribution >= 4 is 39.1 Å². The molecule has 8 nitrogen and oxygen atoms in total. The van der Waals surface area contributed by atoms with Gasteiger partial charge in [0.05, 0.1) is 17.7 Å². The number of nitrogens with zero attached hydrogens (tertiary/aromatic N) is 2. The highest BCUT2D eigenvalue weighted by molar-refractivity contribution is 7.92. The zero-order valence-corrected chi connectivity index (χ0v) is 24.8. The summed E-state index contributed by atoms with van der Waals surface area (Å²) in [6, 6.07) is 19.0. The maximum absolute atomic E-state index is 13.9. The van der Waals surface area contributed by atoms with Crippen LogP contribution in [0.5, 0.6) is 5.75 Å². The molecule has 0 spiro atoms. The summed E-state index contributed by atoms with van der Waals surface area (Å²) in [4.78, 5) is 28.4. The molecule has 40 heavy (non-hydrogen) atoms. The van der Waals surface area contributed by atoms with Gasteiger partial charge in [0, 0.05) is 18.1 Å². The number of carbonyl (C=O) groups is 2. The summed E-state index contributed by atoms with van der Waals surface area (Å²) in [5.74, 6) is -0.245. The molecule has 2 amide bonds. The van der Waals surface area contributed by atoms with E-state index in [0.29, 0.717) is 17.3 Å². The summed E-state index contributed by atoms with van der Waals surface area (Å²) >= 11 is 6.07. The zero-order chi connectivity index (χ0) is 29.3. The summed E-state index contributed by atoms with van der Waals surface area (Å²) in [5.41, 5.74) is 1.92. The summed E-state index contributed by atoms with van der Waals surface area (Å²) in [7, 11) is -2.59. The Morgan fingerprint density at radius 3 is 2.33 bits per heavy atom. The van der Waals surface area contributed by atoms with Crippen LogP contribution < -0.4 is 14.4 Å². The van der Waals surface area contributed by atoms with Crippen molar-refractivity contribution in [3.63, 3.8) is 0 Å². The number of unbranched alkanes of at least 4 members (excludes halogenated alkanes) is 1. The number of nitrogens with one attached hydrogen (secondary N) is 1.